The van der Waals surface area contributed by atoms with Gasteiger partial charge >= 0.3 is 0 Å². The molecule has 1 aliphatic heterocycles. The van der Waals surface area contributed by atoms with Gasteiger partial charge in [-0.05, 0) is 94.5 Å². The number of benzene rings is 8. The second-order valence-electron chi connectivity index (χ2n) is 14.2. The summed E-state index contributed by atoms with van der Waals surface area (Å²) in [6.07, 6.45) is 0. The molecule has 0 spiro atoms. The van der Waals surface area contributed by atoms with Gasteiger partial charge in [0.15, 0.2) is 5.82 Å². The Morgan fingerprint density at radius 1 is 0.333 bits per heavy atom. The Labute approximate surface area is 310 Å². The van der Waals surface area contributed by atoms with E-state index in [9.17, 15) is 0 Å². The summed E-state index contributed by atoms with van der Waals surface area (Å²) in [7, 11) is 0. The number of aromatic nitrogens is 4. The summed E-state index contributed by atoms with van der Waals surface area (Å²) in [6, 6.07) is 65.5. The largest absolute Gasteiger partial charge is 0.309 e. The van der Waals surface area contributed by atoms with Crippen LogP contribution in [-0.4, -0.2) is 19.1 Å². The number of fused-ring (bicyclic) bond motifs is 12. The molecule has 0 saturated heterocycles. The molecule has 0 atom stereocenters. The minimum atomic E-state index is 0.855. The summed E-state index contributed by atoms with van der Waals surface area (Å²) in [4.78, 5) is 10.8. The van der Waals surface area contributed by atoms with E-state index in [2.05, 4.69) is 179 Å². The summed E-state index contributed by atoms with van der Waals surface area (Å²) in [5.74, 6) is 0.855. The molecule has 8 aromatic carbocycles. The molecule has 11 aromatic rings. The summed E-state index contributed by atoms with van der Waals surface area (Å²) in [5, 5.41) is 4.88. The van der Waals surface area contributed by atoms with Crippen LogP contribution in [0.3, 0.4) is 0 Å². The Hall–Kier alpha value is -7.30. The molecule has 0 radical (unpaired) electrons. The molecular formula is C50H30N4. The lowest BCUT2D eigenvalue weighted by molar-refractivity contribution is 1.09. The van der Waals surface area contributed by atoms with Gasteiger partial charge in [0.2, 0.25) is 0 Å². The van der Waals surface area contributed by atoms with Crippen molar-refractivity contribution in [3.05, 3.63) is 182 Å². The van der Waals surface area contributed by atoms with Gasteiger partial charge in [-0.3, -0.25) is 4.57 Å². The molecule has 3 aromatic heterocycles. The number of rotatable bonds is 3. The monoisotopic (exact) mass is 686 g/mol. The molecule has 250 valence electrons. The van der Waals surface area contributed by atoms with E-state index in [1.807, 2.05) is 12.1 Å². The van der Waals surface area contributed by atoms with E-state index < -0.39 is 0 Å². The quantitative estimate of drug-likeness (QED) is 0.185. The molecule has 4 nitrogen and oxygen atoms in total. The Balaban J connectivity index is 1.18. The van der Waals surface area contributed by atoms with Gasteiger partial charge in [0.05, 0.1) is 33.1 Å². The fourth-order valence-corrected chi connectivity index (χ4v) is 8.81. The molecule has 0 bridgehead atoms. The Bertz CT molecular complexity index is 3320. The molecule has 0 fully saturated rings. The van der Waals surface area contributed by atoms with Gasteiger partial charge in [0, 0.05) is 38.4 Å². The van der Waals surface area contributed by atoms with E-state index >= 15 is 0 Å². The molecule has 0 aliphatic carbocycles. The lowest BCUT2D eigenvalue weighted by Gasteiger charge is -2.14. The van der Waals surface area contributed by atoms with Crippen LogP contribution in [0.1, 0.15) is 0 Å². The maximum absolute atomic E-state index is 5.39. The first-order valence-electron chi connectivity index (χ1n) is 18.4. The van der Waals surface area contributed by atoms with E-state index in [1.54, 1.807) is 0 Å². The zero-order valence-electron chi connectivity index (χ0n) is 29.1. The number of para-hydroxylation sites is 5. The highest BCUT2D eigenvalue weighted by Gasteiger charge is 2.28. The van der Waals surface area contributed by atoms with Crippen LogP contribution >= 0.6 is 0 Å². The molecule has 4 heteroatoms. The standard InChI is InChI=1S/C50H30N4/c1-3-13-31(14-4-1)32-23-25-36-40(28-32)48-50(52-44-20-10-9-19-43(44)51-48)54-46-22-12-8-18-38(46)42-30-34(29-41(36)49(42)54)33-24-26-47-39(27-33)37-17-7-11-21-45(37)53(47)35-15-5-2-6-16-35/h1-30H. The molecule has 54 heavy (non-hydrogen) atoms. The van der Waals surface area contributed by atoms with Crippen LogP contribution in [0.5, 0.6) is 0 Å². The van der Waals surface area contributed by atoms with Crippen molar-refractivity contribution >= 4 is 54.6 Å². The SMILES string of the molecule is c1ccc(-c2ccc3c(c2)-c2nc4ccccc4nc2-n2c4ccccc4c4cc(-c5ccc6c(c5)c5ccccc5n6-c5ccccc5)cc-3c42)cc1. The number of hydrogen-bond acceptors (Lipinski definition) is 2. The normalized spacial score (nSPS) is 12.1. The molecular weight excluding hydrogens is 657 g/mol. The van der Waals surface area contributed by atoms with E-state index in [-0.39, 0.29) is 0 Å². The summed E-state index contributed by atoms with van der Waals surface area (Å²) in [5.41, 5.74) is 16.6. The Morgan fingerprint density at radius 2 is 0.907 bits per heavy atom. The fourth-order valence-electron chi connectivity index (χ4n) is 8.81. The first kappa shape index (κ1) is 29.3. The zero-order valence-corrected chi connectivity index (χ0v) is 29.1. The second-order valence-corrected chi connectivity index (χ2v) is 14.2. The van der Waals surface area contributed by atoms with Gasteiger partial charge in [-0.25, -0.2) is 9.97 Å². The molecule has 1 aliphatic rings. The van der Waals surface area contributed by atoms with Crippen LogP contribution in [-0.2, 0) is 0 Å². The van der Waals surface area contributed by atoms with Gasteiger partial charge in [-0.2, -0.15) is 0 Å². The van der Waals surface area contributed by atoms with Crippen LogP contribution in [0.2, 0.25) is 0 Å². The van der Waals surface area contributed by atoms with Gasteiger partial charge in [-0.15, -0.1) is 0 Å². The topological polar surface area (TPSA) is 35.6 Å². The highest BCUT2D eigenvalue weighted by Crippen LogP contribution is 2.49. The Morgan fingerprint density at radius 3 is 1.70 bits per heavy atom. The van der Waals surface area contributed by atoms with Crippen LogP contribution in [0.4, 0.5) is 0 Å². The number of hydrogen-bond donors (Lipinski definition) is 0. The number of nitrogens with zero attached hydrogens (tertiary/aromatic N) is 4. The third-order valence-corrected chi connectivity index (χ3v) is 11.2. The van der Waals surface area contributed by atoms with Crippen molar-refractivity contribution in [3.8, 4) is 56.1 Å². The third kappa shape index (κ3) is 4.13. The second kappa shape index (κ2) is 11.1. The average Bonchev–Trinajstić information content (AvgIpc) is 3.72. The highest BCUT2D eigenvalue weighted by molar-refractivity contribution is 6.18. The maximum Gasteiger partial charge on any atom is 0.165 e. The first-order valence-corrected chi connectivity index (χ1v) is 18.4. The van der Waals surface area contributed by atoms with Crippen molar-refractivity contribution < 1.29 is 0 Å². The van der Waals surface area contributed by atoms with Crippen LogP contribution < -0.4 is 0 Å². The smallest absolute Gasteiger partial charge is 0.165 e. The van der Waals surface area contributed by atoms with Crippen molar-refractivity contribution in [2.75, 3.05) is 0 Å². The van der Waals surface area contributed by atoms with E-state index in [4.69, 9.17) is 9.97 Å². The summed E-state index contributed by atoms with van der Waals surface area (Å²) >= 11 is 0. The van der Waals surface area contributed by atoms with Crippen molar-refractivity contribution in [2.24, 2.45) is 0 Å². The van der Waals surface area contributed by atoms with Crippen molar-refractivity contribution in [1.29, 1.82) is 0 Å². The van der Waals surface area contributed by atoms with Crippen molar-refractivity contribution in [1.82, 2.24) is 19.1 Å². The van der Waals surface area contributed by atoms with Crippen LogP contribution in [0.25, 0.3) is 111 Å². The molecule has 4 heterocycles. The lowest BCUT2D eigenvalue weighted by atomic mass is 9.90. The minimum Gasteiger partial charge on any atom is -0.309 e. The zero-order chi connectivity index (χ0) is 35.3. The fraction of sp³-hybridized carbons (Fsp3) is 0. The average molecular weight is 687 g/mol. The van der Waals surface area contributed by atoms with E-state index in [1.165, 1.54) is 54.8 Å². The van der Waals surface area contributed by atoms with Crippen molar-refractivity contribution in [2.45, 2.75) is 0 Å². The van der Waals surface area contributed by atoms with E-state index in [0.717, 1.165) is 56.0 Å². The maximum atomic E-state index is 5.39. The van der Waals surface area contributed by atoms with Gasteiger partial charge < -0.3 is 4.57 Å². The molecule has 0 N–H and O–H groups in total. The van der Waals surface area contributed by atoms with Crippen LogP contribution in [0.15, 0.2) is 182 Å². The minimum absolute atomic E-state index is 0.855. The van der Waals surface area contributed by atoms with Crippen molar-refractivity contribution in [3.63, 3.8) is 0 Å². The van der Waals surface area contributed by atoms with Gasteiger partial charge in [0.1, 0.15) is 5.69 Å². The third-order valence-electron chi connectivity index (χ3n) is 11.2. The summed E-state index contributed by atoms with van der Waals surface area (Å²) < 4.78 is 4.73. The predicted molar refractivity (Wildman–Crippen MR) is 224 cm³/mol. The Kier molecular flexibility index (Phi) is 6.02. The molecule has 0 unspecified atom stereocenters. The van der Waals surface area contributed by atoms with Crippen LogP contribution in [0, 0.1) is 0 Å². The summed E-state index contributed by atoms with van der Waals surface area (Å²) in [6.45, 7) is 0. The lowest BCUT2D eigenvalue weighted by Crippen LogP contribution is -2.02. The first-order chi connectivity index (χ1) is 26.8. The van der Waals surface area contributed by atoms with Gasteiger partial charge in [-0.1, -0.05) is 115 Å². The highest BCUT2D eigenvalue weighted by atomic mass is 15.1. The molecule has 12 rings (SSSR count). The van der Waals surface area contributed by atoms with E-state index in [0.29, 0.717) is 0 Å². The predicted octanol–water partition coefficient (Wildman–Crippen LogP) is 12.8. The molecule has 0 saturated carbocycles. The van der Waals surface area contributed by atoms with Gasteiger partial charge in [0.25, 0.3) is 0 Å². The molecule has 0 amide bonds.